The maximum atomic E-state index is 6.05. The molecule has 1 aromatic carbocycles. The summed E-state index contributed by atoms with van der Waals surface area (Å²) >= 11 is 14.1. The average molecular weight is 315 g/mol. The monoisotopic (exact) mass is 314 g/mol. The minimum atomic E-state index is 0.300. The number of benzene rings is 1. The standard InChI is InChI=1S/C14H16Cl2N2S/c1-14(5-2-6-19-14)9-18-12-4-3-10(16)7-11(12)17-13(18)8-15/h3-4,7H,2,5-6,8-9H2,1H3. The lowest BCUT2D eigenvalue weighted by molar-refractivity contribution is 0.510. The molecule has 1 aromatic heterocycles. The molecule has 5 heteroatoms. The molecule has 0 amide bonds. The summed E-state index contributed by atoms with van der Waals surface area (Å²) in [6, 6.07) is 5.88. The van der Waals surface area contributed by atoms with Gasteiger partial charge in [0.25, 0.3) is 0 Å². The first-order valence-corrected chi connectivity index (χ1v) is 8.36. The third kappa shape index (κ3) is 2.61. The Hall–Kier alpha value is -0.380. The first-order valence-electron chi connectivity index (χ1n) is 6.46. The van der Waals surface area contributed by atoms with E-state index in [4.69, 9.17) is 23.2 Å². The molecule has 0 bridgehead atoms. The van der Waals surface area contributed by atoms with Crippen molar-refractivity contribution in [3.05, 3.63) is 29.0 Å². The maximum Gasteiger partial charge on any atom is 0.124 e. The highest BCUT2D eigenvalue weighted by molar-refractivity contribution is 8.00. The molecule has 19 heavy (non-hydrogen) atoms. The van der Waals surface area contributed by atoms with Crippen molar-refractivity contribution in [2.75, 3.05) is 5.75 Å². The Morgan fingerprint density at radius 3 is 3.00 bits per heavy atom. The lowest BCUT2D eigenvalue weighted by atomic mass is 10.1. The summed E-state index contributed by atoms with van der Waals surface area (Å²) in [5.41, 5.74) is 2.07. The molecule has 1 saturated heterocycles. The summed E-state index contributed by atoms with van der Waals surface area (Å²) in [6.07, 6.45) is 2.56. The van der Waals surface area contributed by atoms with Gasteiger partial charge in [-0.15, -0.1) is 11.6 Å². The van der Waals surface area contributed by atoms with Crippen LogP contribution in [0.2, 0.25) is 5.02 Å². The molecule has 1 aliphatic heterocycles. The van der Waals surface area contributed by atoms with Crippen molar-refractivity contribution in [2.45, 2.75) is 36.9 Å². The van der Waals surface area contributed by atoms with Crippen LogP contribution in [0.5, 0.6) is 0 Å². The fraction of sp³-hybridized carbons (Fsp3) is 0.500. The molecule has 0 saturated carbocycles. The lowest BCUT2D eigenvalue weighted by Gasteiger charge is -2.24. The SMILES string of the molecule is CC1(Cn2c(CCl)nc3cc(Cl)ccc32)CCCS1. The van der Waals surface area contributed by atoms with Crippen LogP contribution in [-0.2, 0) is 12.4 Å². The molecular formula is C14H16Cl2N2S. The van der Waals surface area contributed by atoms with Crippen molar-refractivity contribution >= 4 is 46.0 Å². The number of imidazole rings is 1. The highest BCUT2D eigenvalue weighted by atomic mass is 35.5. The third-order valence-electron chi connectivity index (χ3n) is 3.70. The van der Waals surface area contributed by atoms with Gasteiger partial charge in [-0.25, -0.2) is 4.98 Å². The van der Waals surface area contributed by atoms with E-state index in [0.717, 1.165) is 28.4 Å². The molecule has 3 rings (SSSR count). The zero-order valence-electron chi connectivity index (χ0n) is 10.8. The van der Waals surface area contributed by atoms with Crippen LogP contribution in [-0.4, -0.2) is 20.1 Å². The van der Waals surface area contributed by atoms with Crippen LogP contribution in [0.1, 0.15) is 25.6 Å². The van der Waals surface area contributed by atoms with Crippen LogP contribution >= 0.6 is 35.0 Å². The zero-order chi connectivity index (χ0) is 13.5. The second kappa shape index (κ2) is 5.19. The van der Waals surface area contributed by atoms with Gasteiger partial charge in [-0.2, -0.15) is 11.8 Å². The Kier molecular flexibility index (Phi) is 3.71. The summed E-state index contributed by atoms with van der Waals surface area (Å²) < 4.78 is 2.56. The van der Waals surface area contributed by atoms with Crippen molar-refractivity contribution < 1.29 is 0 Å². The fourth-order valence-electron chi connectivity index (χ4n) is 2.73. The van der Waals surface area contributed by atoms with Crippen LogP contribution in [0, 0.1) is 0 Å². The Labute approximate surface area is 127 Å². The van der Waals surface area contributed by atoms with Gasteiger partial charge in [0.05, 0.1) is 16.9 Å². The number of alkyl halides is 1. The molecule has 1 unspecified atom stereocenters. The molecule has 0 spiro atoms. The Bertz CT molecular complexity index is 603. The molecule has 2 heterocycles. The number of hydrogen-bond acceptors (Lipinski definition) is 2. The van der Waals surface area contributed by atoms with Gasteiger partial charge in [-0.1, -0.05) is 11.6 Å². The molecule has 2 nitrogen and oxygen atoms in total. The van der Waals surface area contributed by atoms with E-state index in [1.54, 1.807) is 0 Å². The number of halogens is 2. The average Bonchev–Trinajstić information content (AvgIpc) is 2.94. The van der Waals surface area contributed by atoms with Crippen molar-refractivity contribution in [3.8, 4) is 0 Å². The van der Waals surface area contributed by atoms with Crippen molar-refractivity contribution in [2.24, 2.45) is 0 Å². The number of fused-ring (bicyclic) bond motifs is 1. The minimum absolute atomic E-state index is 0.300. The third-order valence-corrected chi connectivity index (χ3v) is 5.70. The van der Waals surface area contributed by atoms with Gasteiger partial charge in [0, 0.05) is 16.3 Å². The predicted octanol–water partition coefficient (Wildman–Crippen LogP) is 4.71. The smallest absolute Gasteiger partial charge is 0.124 e. The molecule has 1 fully saturated rings. The van der Waals surface area contributed by atoms with Gasteiger partial charge >= 0.3 is 0 Å². The largest absolute Gasteiger partial charge is 0.326 e. The van der Waals surface area contributed by atoms with Crippen LogP contribution < -0.4 is 0 Å². The molecule has 102 valence electrons. The number of nitrogens with zero attached hydrogens (tertiary/aromatic N) is 2. The zero-order valence-corrected chi connectivity index (χ0v) is 13.2. The van der Waals surface area contributed by atoms with E-state index in [-0.39, 0.29) is 0 Å². The van der Waals surface area contributed by atoms with Gasteiger partial charge in [0.15, 0.2) is 0 Å². The van der Waals surface area contributed by atoms with E-state index in [9.17, 15) is 0 Å². The first kappa shape index (κ1) is 13.6. The molecule has 0 aliphatic carbocycles. The van der Waals surface area contributed by atoms with E-state index >= 15 is 0 Å². The predicted molar refractivity (Wildman–Crippen MR) is 84.4 cm³/mol. The number of aromatic nitrogens is 2. The van der Waals surface area contributed by atoms with Gasteiger partial charge in [0.1, 0.15) is 5.82 Å². The fourth-order valence-corrected chi connectivity index (χ4v) is 4.39. The number of thioether (sulfide) groups is 1. The van der Waals surface area contributed by atoms with Crippen LogP contribution in [0.25, 0.3) is 11.0 Å². The topological polar surface area (TPSA) is 17.8 Å². The first-order chi connectivity index (χ1) is 9.11. The normalized spacial score (nSPS) is 23.3. The summed E-state index contributed by atoms with van der Waals surface area (Å²) in [5.74, 6) is 2.63. The van der Waals surface area contributed by atoms with E-state index in [1.165, 1.54) is 18.6 Å². The van der Waals surface area contributed by atoms with Gasteiger partial charge in [-0.05, 0) is 43.7 Å². The van der Waals surface area contributed by atoms with E-state index in [2.05, 4.69) is 28.2 Å². The van der Waals surface area contributed by atoms with Gasteiger partial charge in [0.2, 0.25) is 0 Å². The summed E-state index contributed by atoms with van der Waals surface area (Å²) in [4.78, 5) is 4.60. The maximum absolute atomic E-state index is 6.05. The van der Waals surface area contributed by atoms with Crippen molar-refractivity contribution in [1.29, 1.82) is 0 Å². The molecule has 2 aromatic rings. The summed E-state index contributed by atoms with van der Waals surface area (Å²) in [6.45, 7) is 3.31. The van der Waals surface area contributed by atoms with E-state index in [1.807, 2.05) is 18.2 Å². The van der Waals surface area contributed by atoms with Crippen molar-refractivity contribution in [1.82, 2.24) is 9.55 Å². The van der Waals surface area contributed by atoms with Crippen LogP contribution in [0.4, 0.5) is 0 Å². The summed E-state index contributed by atoms with van der Waals surface area (Å²) in [7, 11) is 0. The second-order valence-corrected chi connectivity index (χ2v) is 7.67. The molecule has 0 N–H and O–H groups in total. The Morgan fingerprint density at radius 2 is 2.32 bits per heavy atom. The van der Waals surface area contributed by atoms with E-state index < -0.39 is 0 Å². The highest BCUT2D eigenvalue weighted by Gasteiger charge is 2.31. The minimum Gasteiger partial charge on any atom is -0.326 e. The van der Waals surface area contributed by atoms with Crippen LogP contribution in [0.15, 0.2) is 18.2 Å². The second-order valence-electron chi connectivity index (χ2n) is 5.28. The Morgan fingerprint density at radius 1 is 1.47 bits per heavy atom. The van der Waals surface area contributed by atoms with E-state index in [0.29, 0.717) is 10.6 Å². The number of hydrogen-bond donors (Lipinski definition) is 0. The van der Waals surface area contributed by atoms with Crippen LogP contribution in [0.3, 0.4) is 0 Å². The molecule has 1 aliphatic rings. The van der Waals surface area contributed by atoms with Gasteiger partial charge < -0.3 is 4.57 Å². The van der Waals surface area contributed by atoms with Gasteiger partial charge in [-0.3, -0.25) is 0 Å². The highest BCUT2D eigenvalue weighted by Crippen LogP contribution is 2.40. The molecular weight excluding hydrogens is 299 g/mol. The molecule has 1 atom stereocenters. The van der Waals surface area contributed by atoms with Crippen molar-refractivity contribution in [3.63, 3.8) is 0 Å². The lowest BCUT2D eigenvalue weighted by Crippen LogP contribution is -2.24. The number of rotatable bonds is 3. The molecule has 0 radical (unpaired) electrons. The summed E-state index contributed by atoms with van der Waals surface area (Å²) in [5, 5.41) is 0.722. The Balaban J connectivity index is 2.05. The quantitative estimate of drug-likeness (QED) is 0.763.